The van der Waals surface area contributed by atoms with Crippen molar-refractivity contribution in [1.29, 1.82) is 0 Å². The molecular weight excluding hydrogens is 475 g/mol. The predicted octanol–water partition coefficient (Wildman–Crippen LogP) is 4.31. The molecule has 2 aliphatic heterocycles. The predicted molar refractivity (Wildman–Crippen MR) is 140 cm³/mol. The first-order chi connectivity index (χ1) is 17.6. The van der Waals surface area contributed by atoms with Gasteiger partial charge in [0.25, 0.3) is 0 Å². The van der Waals surface area contributed by atoms with Gasteiger partial charge in [-0.05, 0) is 108 Å². The second-order valence-electron chi connectivity index (χ2n) is 11.8. The number of hydrogen-bond donors (Lipinski definition) is 3. The Bertz CT molecular complexity index is 979. The molecule has 0 aromatic heterocycles. The number of nitrogens with zero attached hydrogens (tertiary/aromatic N) is 1. The summed E-state index contributed by atoms with van der Waals surface area (Å²) in [5.41, 5.74) is 0.817. The summed E-state index contributed by atoms with van der Waals surface area (Å²) in [4.78, 5) is 37.8. The Hall–Kier alpha value is -2.68. The van der Waals surface area contributed by atoms with Gasteiger partial charge in [-0.1, -0.05) is 6.07 Å². The minimum Gasteiger partial charge on any atom is -0.444 e. The van der Waals surface area contributed by atoms with E-state index < -0.39 is 11.6 Å². The molecule has 3 amide bonds. The molecule has 1 aromatic carbocycles. The quantitative estimate of drug-likeness (QED) is 0.488. The lowest BCUT2D eigenvalue weighted by Crippen LogP contribution is -2.47. The van der Waals surface area contributed by atoms with Gasteiger partial charge in [0.1, 0.15) is 17.5 Å². The molecule has 0 radical (unpaired) electrons. The Morgan fingerprint density at radius 1 is 1.08 bits per heavy atom. The SMILES string of the molecule is CC(C)(C)OC(=O)N[C@H]1CC[C@H](CN2CCC(c3ccc(NC4CCC(=O)NC4=O)cc3F)CC2)CC1. The van der Waals surface area contributed by atoms with Crippen molar-refractivity contribution in [2.45, 2.75) is 95.7 Å². The monoisotopic (exact) mass is 516 g/mol. The van der Waals surface area contributed by atoms with Crippen LogP contribution in [0.3, 0.4) is 0 Å². The lowest BCUT2D eigenvalue weighted by Gasteiger charge is -2.37. The van der Waals surface area contributed by atoms with Crippen LogP contribution < -0.4 is 16.0 Å². The zero-order chi connectivity index (χ0) is 26.6. The maximum Gasteiger partial charge on any atom is 0.407 e. The van der Waals surface area contributed by atoms with Gasteiger partial charge in [0.2, 0.25) is 11.8 Å². The molecule has 9 heteroatoms. The van der Waals surface area contributed by atoms with Crippen LogP contribution in [0.25, 0.3) is 0 Å². The summed E-state index contributed by atoms with van der Waals surface area (Å²) in [5.74, 6) is -0.0523. The van der Waals surface area contributed by atoms with Crippen molar-refractivity contribution in [1.82, 2.24) is 15.5 Å². The van der Waals surface area contributed by atoms with E-state index >= 15 is 0 Å². The average Bonchev–Trinajstić information content (AvgIpc) is 2.82. The maximum absolute atomic E-state index is 15.0. The number of nitrogens with one attached hydrogen (secondary N) is 3. The van der Waals surface area contributed by atoms with Crippen LogP contribution in [0.5, 0.6) is 0 Å². The molecular formula is C28H41FN4O4. The molecule has 3 aliphatic rings. The molecule has 3 fully saturated rings. The highest BCUT2D eigenvalue weighted by Crippen LogP contribution is 2.33. The Morgan fingerprint density at radius 3 is 2.41 bits per heavy atom. The van der Waals surface area contributed by atoms with Crippen LogP contribution in [0.2, 0.25) is 0 Å². The number of likely N-dealkylation sites (tertiary alicyclic amines) is 1. The van der Waals surface area contributed by atoms with Crippen molar-refractivity contribution in [2.24, 2.45) is 5.92 Å². The number of carbonyl (C=O) groups excluding carboxylic acids is 3. The molecule has 0 spiro atoms. The summed E-state index contributed by atoms with van der Waals surface area (Å²) < 4.78 is 20.4. The molecule has 8 nitrogen and oxygen atoms in total. The van der Waals surface area contributed by atoms with Crippen LogP contribution in [0.4, 0.5) is 14.9 Å². The fraction of sp³-hybridized carbons (Fsp3) is 0.679. The number of ether oxygens (including phenoxy) is 1. The Labute approximate surface area is 219 Å². The normalized spacial score (nSPS) is 25.9. The first kappa shape index (κ1) is 27.4. The van der Waals surface area contributed by atoms with E-state index in [1.807, 2.05) is 32.9 Å². The van der Waals surface area contributed by atoms with E-state index in [1.165, 1.54) is 6.07 Å². The van der Waals surface area contributed by atoms with E-state index in [0.29, 0.717) is 18.0 Å². The number of carbonyl (C=O) groups is 3. The lowest BCUT2D eigenvalue weighted by molar-refractivity contribution is -0.133. The summed E-state index contributed by atoms with van der Waals surface area (Å²) in [7, 11) is 0. The van der Waals surface area contributed by atoms with Crippen molar-refractivity contribution in [3.05, 3.63) is 29.6 Å². The average molecular weight is 517 g/mol. The number of anilines is 1. The highest BCUT2D eigenvalue weighted by Gasteiger charge is 2.29. The summed E-state index contributed by atoms with van der Waals surface area (Å²) in [6.07, 6.45) is 6.35. The van der Waals surface area contributed by atoms with E-state index in [9.17, 15) is 18.8 Å². The fourth-order valence-electron chi connectivity index (χ4n) is 5.74. The Kier molecular flexibility index (Phi) is 8.72. The highest BCUT2D eigenvalue weighted by molar-refractivity contribution is 6.01. The number of rotatable bonds is 6. The number of benzene rings is 1. The Balaban J connectivity index is 1.19. The number of alkyl carbamates (subject to hydrolysis) is 1. The highest BCUT2D eigenvalue weighted by atomic mass is 19.1. The summed E-state index contributed by atoms with van der Waals surface area (Å²) in [6.45, 7) is 8.59. The summed E-state index contributed by atoms with van der Waals surface area (Å²) in [5, 5.41) is 8.38. The van der Waals surface area contributed by atoms with Crippen LogP contribution >= 0.6 is 0 Å². The smallest absolute Gasteiger partial charge is 0.407 e. The van der Waals surface area contributed by atoms with Gasteiger partial charge in [-0.2, -0.15) is 0 Å². The zero-order valence-corrected chi connectivity index (χ0v) is 22.3. The van der Waals surface area contributed by atoms with Gasteiger partial charge in [0.15, 0.2) is 0 Å². The van der Waals surface area contributed by atoms with Gasteiger partial charge in [-0.25, -0.2) is 9.18 Å². The molecule has 2 heterocycles. The van der Waals surface area contributed by atoms with Gasteiger partial charge < -0.3 is 20.3 Å². The molecule has 1 atom stereocenters. The van der Waals surface area contributed by atoms with Crippen LogP contribution in [0.1, 0.15) is 83.6 Å². The molecule has 3 N–H and O–H groups in total. The van der Waals surface area contributed by atoms with Crippen molar-refractivity contribution in [2.75, 3.05) is 25.0 Å². The van der Waals surface area contributed by atoms with Crippen molar-refractivity contribution < 1.29 is 23.5 Å². The topological polar surface area (TPSA) is 99.8 Å². The van der Waals surface area contributed by atoms with Gasteiger partial charge >= 0.3 is 6.09 Å². The zero-order valence-electron chi connectivity index (χ0n) is 22.3. The molecule has 1 aromatic rings. The van der Waals surface area contributed by atoms with E-state index in [4.69, 9.17) is 4.74 Å². The molecule has 1 unspecified atom stereocenters. The largest absolute Gasteiger partial charge is 0.444 e. The van der Waals surface area contributed by atoms with Crippen molar-refractivity contribution in [3.63, 3.8) is 0 Å². The number of piperidine rings is 2. The maximum atomic E-state index is 15.0. The molecule has 204 valence electrons. The van der Waals surface area contributed by atoms with Crippen molar-refractivity contribution in [3.8, 4) is 0 Å². The summed E-state index contributed by atoms with van der Waals surface area (Å²) in [6, 6.07) is 4.80. The molecule has 0 bridgehead atoms. The van der Waals surface area contributed by atoms with E-state index in [2.05, 4.69) is 20.9 Å². The third-order valence-electron chi connectivity index (χ3n) is 7.69. The molecule has 1 saturated carbocycles. The molecule has 2 saturated heterocycles. The van der Waals surface area contributed by atoms with Crippen molar-refractivity contribution >= 4 is 23.6 Å². The number of amides is 3. The summed E-state index contributed by atoms with van der Waals surface area (Å²) >= 11 is 0. The lowest BCUT2D eigenvalue weighted by atomic mass is 9.84. The molecule has 4 rings (SSSR count). The van der Waals surface area contributed by atoms with Crippen LogP contribution in [0.15, 0.2) is 18.2 Å². The van der Waals surface area contributed by atoms with Gasteiger partial charge in [0.05, 0.1) is 0 Å². The molecule has 37 heavy (non-hydrogen) atoms. The second kappa shape index (κ2) is 11.8. The first-order valence-electron chi connectivity index (χ1n) is 13.7. The number of imide groups is 1. The van der Waals surface area contributed by atoms with Gasteiger partial charge in [0, 0.05) is 24.7 Å². The van der Waals surface area contributed by atoms with Crippen LogP contribution in [-0.4, -0.2) is 60.1 Å². The fourth-order valence-corrected chi connectivity index (χ4v) is 5.74. The number of hydrogen-bond acceptors (Lipinski definition) is 6. The third kappa shape index (κ3) is 7.90. The molecule has 1 aliphatic carbocycles. The first-order valence-corrected chi connectivity index (χ1v) is 13.7. The van der Waals surface area contributed by atoms with E-state index in [1.54, 1.807) is 0 Å². The van der Waals surface area contributed by atoms with Gasteiger partial charge in [-0.3, -0.25) is 14.9 Å². The minimum atomic E-state index is -0.519. The second-order valence-corrected chi connectivity index (χ2v) is 11.8. The third-order valence-corrected chi connectivity index (χ3v) is 7.69. The van der Waals surface area contributed by atoms with E-state index in [0.717, 1.165) is 63.7 Å². The van der Waals surface area contributed by atoms with Crippen LogP contribution in [-0.2, 0) is 14.3 Å². The Morgan fingerprint density at radius 2 is 1.78 bits per heavy atom. The van der Waals surface area contributed by atoms with E-state index in [-0.39, 0.29) is 42.1 Å². The van der Waals surface area contributed by atoms with Crippen LogP contribution in [0, 0.1) is 11.7 Å². The minimum absolute atomic E-state index is 0.187. The number of halogens is 1. The standard InChI is InChI=1S/C28H41FN4O4/c1-28(2,3)37-27(36)31-20-6-4-18(5-7-20)17-33-14-12-19(13-15-33)22-9-8-21(16-23(22)29)30-24-10-11-25(34)32-26(24)35/h8-9,16,18-20,24,30H,4-7,10-15,17H2,1-3H3,(H,31,36)(H,32,34,35)/t18-,20-,24?. The van der Waals surface area contributed by atoms with Gasteiger partial charge in [-0.15, -0.1) is 0 Å².